The minimum absolute atomic E-state index is 0.00157. The number of aliphatic carboxylic acids is 1. The molecule has 1 aromatic rings. The van der Waals surface area contributed by atoms with Crippen LogP contribution in [0.2, 0.25) is 0 Å². The van der Waals surface area contributed by atoms with Crippen LogP contribution in [0.4, 0.5) is 4.39 Å². The summed E-state index contributed by atoms with van der Waals surface area (Å²) >= 11 is 0. The average molecular weight is 281 g/mol. The number of hydrogen-bond acceptors (Lipinski definition) is 3. The maximum absolute atomic E-state index is 12.8. The van der Waals surface area contributed by atoms with E-state index in [0.29, 0.717) is 19.5 Å². The Balaban J connectivity index is 2.57. The van der Waals surface area contributed by atoms with Gasteiger partial charge in [0.1, 0.15) is 11.6 Å². The molecule has 1 rings (SSSR count). The average Bonchev–Trinajstić information content (AvgIpc) is 2.37. The molecule has 1 unspecified atom stereocenters. The maximum Gasteiger partial charge on any atom is 0.307 e. The fourth-order valence-electron chi connectivity index (χ4n) is 1.95. The normalized spacial score (nSPS) is 12.4. The number of hydrogen-bond donors (Lipinski definition) is 1. The summed E-state index contributed by atoms with van der Waals surface area (Å²) in [6.45, 7) is 4.24. The number of nitrogens with zero attached hydrogens (tertiary/aromatic N) is 1. The Morgan fingerprint density at radius 2 is 1.90 bits per heavy atom. The first kappa shape index (κ1) is 16.3. The SMILES string of the molecule is CC(=O)CN(CCc1ccc(F)cc1)CC(C)C(=O)O. The van der Waals surface area contributed by atoms with E-state index in [4.69, 9.17) is 5.11 Å². The van der Waals surface area contributed by atoms with Crippen LogP contribution in [0.15, 0.2) is 24.3 Å². The molecule has 0 saturated heterocycles. The summed E-state index contributed by atoms with van der Waals surface area (Å²) < 4.78 is 12.8. The number of ketones is 1. The van der Waals surface area contributed by atoms with Gasteiger partial charge in [0.2, 0.25) is 0 Å². The molecule has 0 bridgehead atoms. The standard InChI is InChI=1S/C15H20FNO3/c1-11(15(19)20)9-17(10-12(2)18)8-7-13-3-5-14(16)6-4-13/h3-6,11H,7-10H2,1-2H3,(H,19,20). The summed E-state index contributed by atoms with van der Waals surface area (Å²) in [4.78, 5) is 23.9. The molecule has 0 aliphatic carbocycles. The molecule has 0 radical (unpaired) electrons. The zero-order valence-electron chi connectivity index (χ0n) is 11.8. The molecular weight excluding hydrogens is 261 g/mol. The highest BCUT2D eigenvalue weighted by Crippen LogP contribution is 2.07. The molecular formula is C15H20FNO3. The number of rotatable bonds is 8. The summed E-state index contributed by atoms with van der Waals surface area (Å²) in [6.07, 6.45) is 0.653. The molecule has 1 aromatic carbocycles. The number of carboxylic acid groups (broad SMARTS) is 1. The Labute approximate surface area is 118 Å². The van der Waals surface area contributed by atoms with Crippen molar-refractivity contribution < 1.29 is 19.1 Å². The first-order valence-corrected chi connectivity index (χ1v) is 6.57. The number of carbonyl (C=O) groups excluding carboxylic acids is 1. The molecule has 110 valence electrons. The van der Waals surface area contributed by atoms with Crippen molar-refractivity contribution in [3.63, 3.8) is 0 Å². The van der Waals surface area contributed by atoms with Crippen molar-refractivity contribution in [2.24, 2.45) is 5.92 Å². The van der Waals surface area contributed by atoms with Gasteiger partial charge in [0, 0.05) is 13.1 Å². The summed E-state index contributed by atoms with van der Waals surface area (Å²) in [5, 5.41) is 8.93. The summed E-state index contributed by atoms with van der Waals surface area (Å²) in [5.41, 5.74) is 0.961. The van der Waals surface area contributed by atoms with Crippen LogP contribution >= 0.6 is 0 Å². The van der Waals surface area contributed by atoms with Crippen LogP contribution in [0.3, 0.4) is 0 Å². The highest BCUT2D eigenvalue weighted by molar-refractivity contribution is 5.77. The second kappa shape index (κ2) is 7.75. The van der Waals surface area contributed by atoms with Crippen LogP contribution in [-0.2, 0) is 16.0 Å². The van der Waals surface area contributed by atoms with Crippen molar-refractivity contribution in [2.75, 3.05) is 19.6 Å². The van der Waals surface area contributed by atoms with Gasteiger partial charge >= 0.3 is 5.97 Å². The van der Waals surface area contributed by atoms with Gasteiger partial charge in [-0.15, -0.1) is 0 Å². The molecule has 0 amide bonds. The molecule has 0 fully saturated rings. The van der Waals surface area contributed by atoms with Crippen molar-refractivity contribution in [3.05, 3.63) is 35.6 Å². The van der Waals surface area contributed by atoms with E-state index in [1.165, 1.54) is 19.1 Å². The smallest absolute Gasteiger partial charge is 0.307 e. The van der Waals surface area contributed by atoms with E-state index in [9.17, 15) is 14.0 Å². The van der Waals surface area contributed by atoms with E-state index >= 15 is 0 Å². The van der Waals surface area contributed by atoms with Crippen LogP contribution < -0.4 is 0 Å². The Kier molecular flexibility index (Phi) is 6.31. The second-order valence-electron chi connectivity index (χ2n) is 5.05. The molecule has 0 aliphatic heterocycles. The molecule has 0 spiro atoms. The van der Waals surface area contributed by atoms with Crippen LogP contribution in [0, 0.1) is 11.7 Å². The lowest BCUT2D eigenvalue weighted by Gasteiger charge is -2.23. The predicted molar refractivity (Wildman–Crippen MR) is 74.0 cm³/mol. The van der Waals surface area contributed by atoms with E-state index in [1.807, 2.05) is 4.90 Å². The summed E-state index contributed by atoms with van der Waals surface area (Å²) in [6, 6.07) is 6.18. The van der Waals surface area contributed by atoms with Crippen molar-refractivity contribution in [1.29, 1.82) is 0 Å². The topological polar surface area (TPSA) is 57.6 Å². The Morgan fingerprint density at radius 1 is 1.30 bits per heavy atom. The van der Waals surface area contributed by atoms with E-state index in [-0.39, 0.29) is 18.1 Å². The van der Waals surface area contributed by atoms with Gasteiger partial charge in [-0.05, 0) is 31.0 Å². The first-order valence-electron chi connectivity index (χ1n) is 6.57. The Hall–Kier alpha value is -1.75. The molecule has 0 heterocycles. The fourth-order valence-corrected chi connectivity index (χ4v) is 1.95. The lowest BCUT2D eigenvalue weighted by molar-refractivity contribution is -0.142. The minimum Gasteiger partial charge on any atom is -0.481 e. The highest BCUT2D eigenvalue weighted by atomic mass is 19.1. The van der Waals surface area contributed by atoms with Crippen LogP contribution in [0.5, 0.6) is 0 Å². The zero-order valence-corrected chi connectivity index (χ0v) is 11.8. The van der Waals surface area contributed by atoms with Gasteiger partial charge < -0.3 is 5.11 Å². The van der Waals surface area contributed by atoms with Gasteiger partial charge in [-0.1, -0.05) is 19.1 Å². The third-order valence-electron chi connectivity index (χ3n) is 3.03. The second-order valence-corrected chi connectivity index (χ2v) is 5.05. The zero-order chi connectivity index (χ0) is 15.1. The van der Waals surface area contributed by atoms with Gasteiger partial charge in [0.05, 0.1) is 12.5 Å². The first-order chi connectivity index (χ1) is 9.38. The molecule has 0 aliphatic rings. The van der Waals surface area contributed by atoms with Crippen molar-refractivity contribution in [3.8, 4) is 0 Å². The number of carboxylic acids is 1. The third kappa shape index (κ3) is 5.93. The lowest BCUT2D eigenvalue weighted by Crippen LogP contribution is -2.36. The van der Waals surface area contributed by atoms with Crippen molar-refractivity contribution >= 4 is 11.8 Å². The fraction of sp³-hybridized carbons (Fsp3) is 0.467. The molecule has 20 heavy (non-hydrogen) atoms. The van der Waals surface area contributed by atoms with Gasteiger partial charge in [0.25, 0.3) is 0 Å². The van der Waals surface area contributed by atoms with Gasteiger partial charge in [0.15, 0.2) is 0 Å². The van der Waals surface area contributed by atoms with Gasteiger partial charge in [-0.25, -0.2) is 4.39 Å². The number of carbonyl (C=O) groups is 2. The monoisotopic (exact) mass is 281 g/mol. The van der Waals surface area contributed by atoms with Gasteiger partial charge in [-0.2, -0.15) is 0 Å². The molecule has 1 N–H and O–H groups in total. The highest BCUT2D eigenvalue weighted by Gasteiger charge is 2.17. The third-order valence-corrected chi connectivity index (χ3v) is 3.03. The summed E-state index contributed by atoms with van der Waals surface area (Å²) in [5.74, 6) is -1.68. The van der Waals surface area contributed by atoms with Gasteiger partial charge in [-0.3, -0.25) is 14.5 Å². The largest absolute Gasteiger partial charge is 0.481 e. The quantitative estimate of drug-likeness (QED) is 0.791. The maximum atomic E-state index is 12.8. The minimum atomic E-state index is -0.875. The van der Waals surface area contributed by atoms with E-state index in [2.05, 4.69) is 0 Å². The molecule has 0 saturated carbocycles. The number of Topliss-reactive ketones (excluding diaryl/α,β-unsaturated/α-hetero) is 1. The predicted octanol–water partition coefficient (Wildman–Crippen LogP) is 1.98. The lowest BCUT2D eigenvalue weighted by atomic mass is 10.1. The summed E-state index contributed by atoms with van der Waals surface area (Å²) in [7, 11) is 0. The molecule has 1 atom stereocenters. The molecule has 0 aromatic heterocycles. The number of halogens is 1. The van der Waals surface area contributed by atoms with Crippen molar-refractivity contribution in [1.82, 2.24) is 4.90 Å². The molecule has 5 heteroatoms. The Morgan fingerprint density at radius 3 is 2.40 bits per heavy atom. The van der Waals surface area contributed by atoms with Crippen LogP contribution in [-0.4, -0.2) is 41.4 Å². The van der Waals surface area contributed by atoms with Crippen LogP contribution in [0.1, 0.15) is 19.4 Å². The van der Waals surface area contributed by atoms with E-state index in [0.717, 1.165) is 5.56 Å². The van der Waals surface area contributed by atoms with Crippen molar-refractivity contribution in [2.45, 2.75) is 20.3 Å². The molecule has 4 nitrogen and oxygen atoms in total. The van der Waals surface area contributed by atoms with E-state index in [1.54, 1.807) is 19.1 Å². The van der Waals surface area contributed by atoms with Crippen LogP contribution in [0.25, 0.3) is 0 Å². The number of benzene rings is 1. The van der Waals surface area contributed by atoms with E-state index < -0.39 is 11.9 Å². The Bertz CT molecular complexity index is 459.